The molecule has 0 aliphatic heterocycles. The van der Waals surface area contributed by atoms with Crippen molar-refractivity contribution >= 4 is 17.5 Å². The van der Waals surface area contributed by atoms with Crippen LogP contribution >= 0.6 is 11.6 Å². The molecule has 0 heterocycles. The predicted molar refractivity (Wildman–Crippen MR) is 85.9 cm³/mol. The molecule has 4 bridgehead atoms. The first-order chi connectivity index (χ1) is 11.1. The molecule has 0 unspecified atom stereocenters. The van der Waals surface area contributed by atoms with Gasteiger partial charge >= 0.3 is 0 Å². The molecule has 4 aliphatic rings. The predicted octanol–water partition coefficient (Wildman–Crippen LogP) is 3.80. The molecule has 0 atom stereocenters. The SMILES string of the molecule is O=C(COc1ccc(F)c(Cl)c1)NC1C2CC3CC(C2)CC1C3. The lowest BCUT2D eigenvalue weighted by Gasteiger charge is -2.54. The molecule has 5 rings (SSSR count). The van der Waals surface area contributed by atoms with Crippen LogP contribution in [0.1, 0.15) is 32.1 Å². The van der Waals surface area contributed by atoms with Gasteiger partial charge in [0.1, 0.15) is 11.6 Å². The van der Waals surface area contributed by atoms with Crippen LogP contribution in [0.5, 0.6) is 5.75 Å². The molecule has 0 radical (unpaired) electrons. The fourth-order valence-corrected chi connectivity index (χ4v) is 5.27. The summed E-state index contributed by atoms with van der Waals surface area (Å²) in [6.07, 6.45) is 6.49. The Morgan fingerprint density at radius 2 is 1.83 bits per heavy atom. The third-order valence-electron chi connectivity index (χ3n) is 5.82. The van der Waals surface area contributed by atoms with Crippen LogP contribution < -0.4 is 10.1 Å². The molecule has 1 amide bonds. The summed E-state index contributed by atoms with van der Waals surface area (Å²) >= 11 is 5.71. The van der Waals surface area contributed by atoms with Gasteiger partial charge in [-0.25, -0.2) is 4.39 Å². The Hall–Kier alpha value is -1.29. The number of carbonyl (C=O) groups excluding carboxylic acids is 1. The van der Waals surface area contributed by atoms with Crippen LogP contribution in [0.25, 0.3) is 0 Å². The number of hydrogen-bond donors (Lipinski definition) is 1. The standard InChI is InChI=1S/C18H21ClFNO2/c19-15-8-14(1-2-16(15)20)23-9-17(22)21-18-12-4-10-3-11(6-12)7-13(18)5-10/h1-2,8,10-13,18H,3-7,9H2,(H,21,22). The first-order valence-corrected chi connectivity index (χ1v) is 8.83. The molecule has 1 N–H and O–H groups in total. The average Bonchev–Trinajstić information content (AvgIpc) is 2.51. The highest BCUT2D eigenvalue weighted by Gasteiger charge is 2.48. The minimum Gasteiger partial charge on any atom is -0.484 e. The first-order valence-electron chi connectivity index (χ1n) is 8.45. The smallest absolute Gasteiger partial charge is 0.258 e. The Bertz CT molecular complexity index is 593. The van der Waals surface area contributed by atoms with Crippen molar-refractivity contribution in [3.8, 4) is 5.75 Å². The van der Waals surface area contributed by atoms with E-state index in [4.69, 9.17) is 16.3 Å². The maximum atomic E-state index is 13.1. The van der Waals surface area contributed by atoms with Crippen LogP contribution in [0, 0.1) is 29.5 Å². The van der Waals surface area contributed by atoms with Crippen LogP contribution in [0.3, 0.4) is 0 Å². The monoisotopic (exact) mass is 337 g/mol. The molecule has 0 saturated heterocycles. The molecular weight excluding hydrogens is 317 g/mol. The summed E-state index contributed by atoms with van der Waals surface area (Å²) in [5, 5.41) is 3.19. The van der Waals surface area contributed by atoms with Crippen LogP contribution in [0.4, 0.5) is 4.39 Å². The Morgan fingerprint density at radius 3 is 2.43 bits per heavy atom. The van der Waals surface area contributed by atoms with Crippen molar-refractivity contribution in [1.29, 1.82) is 0 Å². The number of hydrogen-bond acceptors (Lipinski definition) is 2. The van der Waals surface area contributed by atoms with Crippen molar-refractivity contribution in [3.05, 3.63) is 29.0 Å². The van der Waals surface area contributed by atoms with Crippen LogP contribution in [-0.2, 0) is 4.79 Å². The van der Waals surface area contributed by atoms with E-state index in [1.54, 1.807) is 0 Å². The number of ether oxygens (including phenoxy) is 1. The van der Waals surface area contributed by atoms with Gasteiger partial charge in [0.2, 0.25) is 0 Å². The van der Waals surface area contributed by atoms with E-state index in [1.165, 1.54) is 50.3 Å². The molecule has 1 aromatic rings. The Labute approximate surface area is 140 Å². The van der Waals surface area contributed by atoms with Crippen LogP contribution in [0.15, 0.2) is 18.2 Å². The third kappa shape index (κ3) is 3.06. The topological polar surface area (TPSA) is 38.3 Å². The molecule has 3 nitrogen and oxygen atoms in total. The second-order valence-electron chi connectivity index (χ2n) is 7.39. The lowest BCUT2D eigenvalue weighted by atomic mass is 9.54. The largest absolute Gasteiger partial charge is 0.484 e. The molecule has 4 aliphatic carbocycles. The molecule has 4 fully saturated rings. The fraction of sp³-hybridized carbons (Fsp3) is 0.611. The average molecular weight is 338 g/mol. The Kier molecular flexibility index (Phi) is 3.96. The molecule has 23 heavy (non-hydrogen) atoms. The molecule has 124 valence electrons. The molecule has 4 saturated carbocycles. The second kappa shape index (κ2) is 5.97. The minimum absolute atomic E-state index is 0.00365. The van der Waals surface area contributed by atoms with Gasteiger partial charge in [0.25, 0.3) is 5.91 Å². The zero-order valence-electron chi connectivity index (χ0n) is 12.9. The second-order valence-corrected chi connectivity index (χ2v) is 7.80. The maximum absolute atomic E-state index is 13.1. The summed E-state index contributed by atoms with van der Waals surface area (Å²) in [7, 11) is 0. The first kappa shape index (κ1) is 15.3. The summed E-state index contributed by atoms with van der Waals surface area (Å²) in [5.74, 6) is 2.91. The van der Waals surface area contributed by atoms with Crippen molar-refractivity contribution in [2.75, 3.05) is 6.61 Å². The van der Waals surface area contributed by atoms with E-state index in [-0.39, 0.29) is 17.5 Å². The number of carbonyl (C=O) groups is 1. The number of halogens is 2. The number of amides is 1. The van der Waals surface area contributed by atoms with Gasteiger partial charge in [0.15, 0.2) is 6.61 Å². The summed E-state index contributed by atoms with van der Waals surface area (Å²) in [4.78, 5) is 12.2. The quantitative estimate of drug-likeness (QED) is 0.907. The Balaban J connectivity index is 1.32. The third-order valence-corrected chi connectivity index (χ3v) is 6.11. The molecule has 5 heteroatoms. The van der Waals surface area contributed by atoms with E-state index < -0.39 is 5.82 Å². The minimum atomic E-state index is -0.489. The van der Waals surface area contributed by atoms with Crippen molar-refractivity contribution < 1.29 is 13.9 Å². The van der Waals surface area contributed by atoms with Gasteiger partial charge in [-0.15, -0.1) is 0 Å². The van der Waals surface area contributed by atoms with Gasteiger partial charge in [-0.2, -0.15) is 0 Å². The van der Waals surface area contributed by atoms with E-state index in [9.17, 15) is 9.18 Å². The van der Waals surface area contributed by atoms with Crippen molar-refractivity contribution in [1.82, 2.24) is 5.32 Å². The molecule has 0 spiro atoms. The van der Waals surface area contributed by atoms with Crippen molar-refractivity contribution in [3.63, 3.8) is 0 Å². The van der Waals surface area contributed by atoms with Gasteiger partial charge in [0.05, 0.1) is 5.02 Å². The van der Waals surface area contributed by atoms with Crippen molar-refractivity contribution in [2.24, 2.45) is 23.7 Å². The zero-order chi connectivity index (χ0) is 16.0. The van der Waals surface area contributed by atoms with Gasteiger partial charge in [-0.05, 0) is 67.9 Å². The normalized spacial score (nSPS) is 34.4. The summed E-state index contributed by atoms with van der Waals surface area (Å²) < 4.78 is 18.5. The van der Waals surface area contributed by atoms with Gasteiger partial charge in [-0.3, -0.25) is 4.79 Å². The van der Waals surface area contributed by atoms with Crippen molar-refractivity contribution in [2.45, 2.75) is 38.1 Å². The van der Waals surface area contributed by atoms with Gasteiger partial charge < -0.3 is 10.1 Å². The maximum Gasteiger partial charge on any atom is 0.258 e. The Morgan fingerprint density at radius 1 is 1.17 bits per heavy atom. The highest BCUT2D eigenvalue weighted by atomic mass is 35.5. The highest BCUT2D eigenvalue weighted by molar-refractivity contribution is 6.30. The zero-order valence-corrected chi connectivity index (χ0v) is 13.7. The van der Waals surface area contributed by atoms with Crippen LogP contribution in [-0.4, -0.2) is 18.6 Å². The molecular formula is C18H21ClFNO2. The van der Waals surface area contributed by atoms with Crippen LogP contribution in [0.2, 0.25) is 5.02 Å². The van der Waals surface area contributed by atoms with E-state index in [0.717, 1.165) is 11.8 Å². The summed E-state index contributed by atoms with van der Waals surface area (Å²) in [6, 6.07) is 4.44. The summed E-state index contributed by atoms with van der Waals surface area (Å²) in [6.45, 7) is -0.0508. The highest BCUT2D eigenvalue weighted by Crippen LogP contribution is 2.53. The summed E-state index contributed by atoms with van der Waals surface area (Å²) in [5.41, 5.74) is 0. The van der Waals surface area contributed by atoms with E-state index in [0.29, 0.717) is 23.6 Å². The number of nitrogens with one attached hydrogen (secondary N) is 1. The van der Waals surface area contributed by atoms with Gasteiger partial charge in [-0.1, -0.05) is 11.6 Å². The molecule has 1 aromatic carbocycles. The van der Waals surface area contributed by atoms with E-state index in [2.05, 4.69) is 5.32 Å². The number of benzene rings is 1. The molecule has 0 aromatic heterocycles. The fourth-order valence-electron chi connectivity index (χ4n) is 5.10. The lowest BCUT2D eigenvalue weighted by Crippen LogP contribution is -2.56. The van der Waals surface area contributed by atoms with Gasteiger partial charge in [0, 0.05) is 12.1 Å². The number of rotatable bonds is 4. The van der Waals surface area contributed by atoms with E-state index >= 15 is 0 Å². The van der Waals surface area contributed by atoms with E-state index in [1.807, 2.05) is 0 Å². The lowest BCUT2D eigenvalue weighted by molar-refractivity contribution is -0.127.